The van der Waals surface area contributed by atoms with Crippen LogP contribution in [0, 0.1) is 0 Å². The molecule has 2 rings (SSSR count). The molecule has 4 heteroatoms. The third kappa shape index (κ3) is 4.31. The summed E-state index contributed by atoms with van der Waals surface area (Å²) in [6.45, 7) is 4.82. The summed E-state index contributed by atoms with van der Waals surface area (Å²) < 4.78 is 5.65. The largest absolute Gasteiger partial charge is 0.380 e. The molecule has 3 atom stereocenters. The van der Waals surface area contributed by atoms with Gasteiger partial charge in [-0.25, -0.2) is 0 Å². The number of aliphatic hydroxyl groups is 1. The van der Waals surface area contributed by atoms with Gasteiger partial charge in [-0.2, -0.15) is 0 Å². The molecular weight excluding hydrogens is 278 g/mol. The molecule has 0 aliphatic carbocycles. The Labute approximate surface area is 132 Å². The van der Waals surface area contributed by atoms with Gasteiger partial charge in [0.1, 0.15) is 5.60 Å². The summed E-state index contributed by atoms with van der Waals surface area (Å²) in [6, 6.07) is 9.63. The van der Waals surface area contributed by atoms with Gasteiger partial charge in [-0.3, -0.25) is 4.79 Å². The fourth-order valence-corrected chi connectivity index (χ4v) is 2.82. The van der Waals surface area contributed by atoms with E-state index in [0.717, 1.165) is 31.4 Å². The number of ether oxygens (including phenoxy) is 1. The SMILES string of the molecule is C[C@H](c1ccccc1)[C@@](C)(O)C(=O)NCC[C@H]1CCCCO1. The van der Waals surface area contributed by atoms with E-state index < -0.39 is 5.60 Å². The van der Waals surface area contributed by atoms with Crippen molar-refractivity contribution in [1.82, 2.24) is 5.32 Å². The van der Waals surface area contributed by atoms with Crippen molar-refractivity contribution < 1.29 is 14.6 Å². The fraction of sp³-hybridized carbons (Fsp3) is 0.611. The first-order valence-corrected chi connectivity index (χ1v) is 8.19. The van der Waals surface area contributed by atoms with E-state index in [-0.39, 0.29) is 17.9 Å². The van der Waals surface area contributed by atoms with Crippen LogP contribution in [-0.2, 0) is 9.53 Å². The van der Waals surface area contributed by atoms with Gasteiger partial charge in [-0.1, -0.05) is 37.3 Å². The second-order valence-corrected chi connectivity index (χ2v) is 6.31. The Hall–Kier alpha value is -1.39. The minimum Gasteiger partial charge on any atom is -0.380 e. The normalized spacial score (nSPS) is 22.6. The van der Waals surface area contributed by atoms with Crippen LogP contribution in [0.1, 0.15) is 51.0 Å². The Morgan fingerprint density at radius 1 is 1.41 bits per heavy atom. The van der Waals surface area contributed by atoms with E-state index in [1.807, 2.05) is 37.3 Å². The summed E-state index contributed by atoms with van der Waals surface area (Å²) in [5.41, 5.74) is -0.465. The first kappa shape index (κ1) is 17.0. The van der Waals surface area contributed by atoms with Gasteiger partial charge in [0.05, 0.1) is 6.10 Å². The van der Waals surface area contributed by atoms with Crippen molar-refractivity contribution in [2.24, 2.45) is 0 Å². The second kappa shape index (κ2) is 7.75. The Balaban J connectivity index is 1.84. The van der Waals surface area contributed by atoms with Gasteiger partial charge in [0, 0.05) is 19.1 Å². The third-order valence-corrected chi connectivity index (χ3v) is 4.63. The van der Waals surface area contributed by atoms with Gasteiger partial charge in [-0.15, -0.1) is 0 Å². The summed E-state index contributed by atoms with van der Waals surface area (Å²) in [6.07, 6.45) is 4.44. The molecule has 22 heavy (non-hydrogen) atoms. The standard InChI is InChI=1S/C18H27NO3/c1-14(15-8-4-3-5-9-15)18(2,21)17(20)19-12-11-16-10-6-7-13-22-16/h3-5,8-9,14,16,21H,6-7,10-13H2,1-2H3,(H,19,20)/t14-,16-,18-/m1/s1. The Kier molecular flexibility index (Phi) is 5.98. The van der Waals surface area contributed by atoms with Gasteiger partial charge >= 0.3 is 0 Å². The number of hydrogen-bond donors (Lipinski definition) is 2. The highest BCUT2D eigenvalue weighted by Gasteiger charge is 2.37. The smallest absolute Gasteiger partial charge is 0.252 e. The molecule has 0 saturated carbocycles. The van der Waals surface area contributed by atoms with Crippen molar-refractivity contribution in [3.8, 4) is 0 Å². The van der Waals surface area contributed by atoms with E-state index in [4.69, 9.17) is 4.74 Å². The zero-order chi connectivity index (χ0) is 16.0. The van der Waals surface area contributed by atoms with Crippen molar-refractivity contribution in [2.75, 3.05) is 13.2 Å². The maximum Gasteiger partial charge on any atom is 0.252 e. The van der Waals surface area contributed by atoms with E-state index in [9.17, 15) is 9.90 Å². The first-order valence-electron chi connectivity index (χ1n) is 8.19. The summed E-state index contributed by atoms with van der Waals surface area (Å²) in [5.74, 6) is -0.584. The number of carbonyl (C=O) groups excluding carboxylic acids is 1. The molecule has 0 unspecified atom stereocenters. The highest BCUT2D eigenvalue weighted by molar-refractivity contribution is 5.85. The predicted octanol–water partition coefficient (Wildman–Crippen LogP) is 2.62. The molecule has 1 aromatic rings. The molecule has 1 aliphatic heterocycles. The van der Waals surface area contributed by atoms with Crippen LogP contribution < -0.4 is 5.32 Å². The Morgan fingerprint density at radius 2 is 2.14 bits per heavy atom. The maximum atomic E-state index is 12.3. The molecule has 2 N–H and O–H groups in total. The molecule has 1 aromatic carbocycles. The average Bonchev–Trinajstić information content (AvgIpc) is 2.55. The lowest BCUT2D eigenvalue weighted by Gasteiger charge is -2.30. The molecule has 4 nitrogen and oxygen atoms in total. The highest BCUT2D eigenvalue weighted by atomic mass is 16.5. The zero-order valence-corrected chi connectivity index (χ0v) is 13.5. The summed E-state index contributed by atoms with van der Waals surface area (Å²) in [5, 5.41) is 13.5. The quantitative estimate of drug-likeness (QED) is 0.849. The number of rotatable bonds is 6. The van der Waals surface area contributed by atoms with Crippen molar-refractivity contribution in [1.29, 1.82) is 0 Å². The number of hydrogen-bond acceptors (Lipinski definition) is 3. The van der Waals surface area contributed by atoms with Crippen molar-refractivity contribution >= 4 is 5.91 Å². The summed E-state index contributed by atoms with van der Waals surface area (Å²) >= 11 is 0. The van der Waals surface area contributed by atoms with Crippen LogP contribution in [0.25, 0.3) is 0 Å². The fourth-order valence-electron chi connectivity index (χ4n) is 2.82. The molecule has 122 valence electrons. The molecule has 0 radical (unpaired) electrons. The lowest BCUT2D eigenvalue weighted by atomic mass is 9.84. The maximum absolute atomic E-state index is 12.3. The van der Waals surface area contributed by atoms with Gasteiger partial charge < -0.3 is 15.2 Å². The predicted molar refractivity (Wildman–Crippen MR) is 86.7 cm³/mol. The minimum atomic E-state index is -1.42. The molecule has 0 aromatic heterocycles. The monoisotopic (exact) mass is 305 g/mol. The molecule has 1 aliphatic rings. The summed E-state index contributed by atoms with van der Waals surface area (Å²) in [7, 11) is 0. The van der Waals surface area contributed by atoms with E-state index in [0.29, 0.717) is 6.54 Å². The Morgan fingerprint density at radius 3 is 2.77 bits per heavy atom. The van der Waals surface area contributed by atoms with Crippen molar-refractivity contribution in [2.45, 2.75) is 57.2 Å². The van der Waals surface area contributed by atoms with Crippen LogP contribution in [0.15, 0.2) is 30.3 Å². The topological polar surface area (TPSA) is 58.6 Å². The van der Waals surface area contributed by atoms with E-state index >= 15 is 0 Å². The van der Waals surface area contributed by atoms with E-state index in [1.54, 1.807) is 6.92 Å². The molecule has 1 amide bonds. The third-order valence-electron chi connectivity index (χ3n) is 4.63. The minimum absolute atomic E-state index is 0.241. The average molecular weight is 305 g/mol. The highest BCUT2D eigenvalue weighted by Crippen LogP contribution is 2.28. The van der Waals surface area contributed by atoms with Gasteiger partial charge in [0.25, 0.3) is 5.91 Å². The molecule has 0 spiro atoms. The molecule has 1 fully saturated rings. The Bertz CT molecular complexity index is 466. The van der Waals surface area contributed by atoms with Gasteiger partial charge in [-0.05, 0) is 38.2 Å². The summed E-state index contributed by atoms with van der Waals surface area (Å²) in [4.78, 5) is 12.3. The molecule has 1 saturated heterocycles. The first-order chi connectivity index (χ1) is 10.5. The van der Waals surface area contributed by atoms with Gasteiger partial charge in [0.15, 0.2) is 0 Å². The van der Waals surface area contributed by atoms with Crippen LogP contribution in [-0.4, -0.2) is 35.9 Å². The molecule has 0 bridgehead atoms. The van der Waals surface area contributed by atoms with Crippen LogP contribution in [0.3, 0.4) is 0 Å². The second-order valence-electron chi connectivity index (χ2n) is 6.31. The van der Waals surface area contributed by atoms with Crippen molar-refractivity contribution in [3.63, 3.8) is 0 Å². The lowest BCUT2D eigenvalue weighted by Crippen LogP contribution is -2.48. The van der Waals surface area contributed by atoms with Crippen LogP contribution in [0.4, 0.5) is 0 Å². The van der Waals surface area contributed by atoms with Gasteiger partial charge in [0.2, 0.25) is 0 Å². The van der Waals surface area contributed by atoms with E-state index in [1.165, 1.54) is 6.42 Å². The number of nitrogens with one attached hydrogen (secondary N) is 1. The number of amides is 1. The van der Waals surface area contributed by atoms with Crippen molar-refractivity contribution in [3.05, 3.63) is 35.9 Å². The van der Waals surface area contributed by atoms with Crippen LogP contribution >= 0.6 is 0 Å². The number of carbonyl (C=O) groups is 1. The molecule has 1 heterocycles. The lowest BCUT2D eigenvalue weighted by molar-refractivity contribution is -0.140. The molecular formula is C18H27NO3. The number of benzene rings is 1. The van der Waals surface area contributed by atoms with Crippen LogP contribution in [0.5, 0.6) is 0 Å². The van der Waals surface area contributed by atoms with Crippen LogP contribution in [0.2, 0.25) is 0 Å². The van der Waals surface area contributed by atoms with E-state index in [2.05, 4.69) is 5.32 Å². The zero-order valence-electron chi connectivity index (χ0n) is 13.5.